The van der Waals surface area contributed by atoms with E-state index in [1.54, 1.807) is 0 Å². The van der Waals surface area contributed by atoms with Crippen molar-refractivity contribution in [3.05, 3.63) is 48.5 Å². The number of para-hydroxylation sites is 3. The molecule has 0 aliphatic carbocycles. The molecule has 0 fully saturated rings. The fraction of sp³-hybridized carbons (Fsp3) is 0.133. The predicted molar refractivity (Wildman–Crippen MR) is 75.7 cm³/mol. The molecule has 90 valence electrons. The van der Waals surface area contributed by atoms with Crippen LogP contribution in [0.2, 0.25) is 0 Å². The molecule has 0 aliphatic rings. The first-order valence-corrected chi connectivity index (χ1v) is 6.16. The SMILES string of the molecule is CCNc1ccccc1-c1nc2ccccc2[nH]1. The van der Waals surface area contributed by atoms with Gasteiger partial charge < -0.3 is 10.3 Å². The molecule has 0 atom stereocenters. The number of hydrogen-bond donors (Lipinski definition) is 2. The number of aromatic amines is 1. The third-order valence-electron chi connectivity index (χ3n) is 2.94. The number of benzene rings is 2. The van der Waals surface area contributed by atoms with E-state index in [9.17, 15) is 0 Å². The molecular weight excluding hydrogens is 222 g/mol. The zero-order chi connectivity index (χ0) is 12.4. The molecule has 1 aromatic heterocycles. The maximum absolute atomic E-state index is 4.63. The van der Waals surface area contributed by atoms with Gasteiger partial charge in [0.1, 0.15) is 5.82 Å². The molecular formula is C15H15N3. The van der Waals surface area contributed by atoms with Crippen LogP contribution in [-0.2, 0) is 0 Å². The minimum absolute atomic E-state index is 0.900. The van der Waals surface area contributed by atoms with Crippen molar-refractivity contribution < 1.29 is 0 Å². The van der Waals surface area contributed by atoms with Crippen LogP contribution >= 0.6 is 0 Å². The van der Waals surface area contributed by atoms with Crippen molar-refractivity contribution in [2.45, 2.75) is 6.92 Å². The van der Waals surface area contributed by atoms with Crippen LogP contribution in [0.3, 0.4) is 0 Å². The highest BCUT2D eigenvalue weighted by Crippen LogP contribution is 2.27. The van der Waals surface area contributed by atoms with Crippen LogP contribution in [0.5, 0.6) is 0 Å². The molecule has 18 heavy (non-hydrogen) atoms. The van der Waals surface area contributed by atoms with Crippen LogP contribution in [0.25, 0.3) is 22.4 Å². The van der Waals surface area contributed by atoms with E-state index >= 15 is 0 Å². The zero-order valence-corrected chi connectivity index (χ0v) is 10.3. The number of fused-ring (bicyclic) bond motifs is 1. The Labute approximate surface area is 106 Å². The summed E-state index contributed by atoms with van der Waals surface area (Å²) < 4.78 is 0. The second-order valence-corrected chi connectivity index (χ2v) is 4.18. The largest absolute Gasteiger partial charge is 0.385 e. The molecule has 0 saturated heterocycles. The van der Waals surface area contributed by atoms with Gasteiger partial charge in [0.05, 0.1) is 11.0 Å². The van der Waals surface area contributed by atoms with Gasteiger partial charge in [0, 0.05) is 17.8 Å². The Kier molecular flexibility index (Phi) is 2.73. The van der Waals surface area contributed by atoms with Gasteiger partial charge in [-0.25, -0.2) is 4.98 Å². The van der Waals surface area contributed by atoms with Crippen molar-refractivity contribution in [1.29, 1.82) is 0 Å². The Hall–Kier alpha value is -2.29. The molecule has 0 saturated carbocycles. The zero-order valence-electron chi connectivity index (χ0n) is 10.3. The van der Waals surface area contributed by atoms with Gasteiger partial charge in [0.15, 0.2) is 0 Å². The minimum atomic E-state index is 0.900. The van der Waals surface area contributed by atoms with Gasteiger partial charge in [0.25, 0.3) is 0 Å². The third kappa shape index (κ3) is 1.84. The Balaban J connectivity index is 2.13. The van der Waals surface area contributed by atoms with E-state index in [0.717, 1.165) is 34.7 Å². The summed E-state index contributed by atoms with van der Waals surface area (Å²) in [7, 11) is 0. The van der Waals surface area contributed by atoms with Gasteiger partial charge >= 0.3 is 0 Å². The van der Waals surface area contributed by atoms with Crippen molar-refractivity contribution in [3.63, 3.8) is 0 Å². The number of H-pyrrole nitrogens is 1. The molecule has 2 aromatic carbocycles. The summed E-state index contributed by atoms with van der Waals surface area (Å²) in [6.45, 7) is 2.99. The van der Waals surface area contributed by atoms with Crippen molar-refractivity contribution in [2.24, 2.45) is 0 Å². The number of rotatable bonds is 3. The van der Waals surface area contributed by atoms with E-state index < -0.39 is 0 Å². The predicted octanol–water partition coefficient (Wildman–Crippen LogP) is 3.66. The molecule has 0 amide bonds. The highest BCUT2D eigenvalue weighted by atomic mass is 14.9. The van der Waals surface area contributed by atoms with Gasteiger partial charge in [0.2, 0.25) is 0 Å². The van der Waals surface area contributed by atoms with Crippen molar-refractivity contribution in [1.82, 2.24) is 9.97 Å². The fourth-order valence-electron chi connectivity index (χ4n) is 2.11. The van der Waals surface area contributed by atoms with Crippen LogP contribution in [0.4, 0.5) is 5.69 Å². The first-order chi connectivity index (χ1) is 8.88. The number of nitrogens with zero attached hydrogens (tertiary/aromatic N) is 1. The van der Waals surface area contributed by atoms with Gasteiger partial charge in [-0.05, 0) is 31.2 Å². The highest BCUT2D eigenvalue weighted by Gasteiger charge is 2.08. The third-order valence-corrected chi connectivity index (χ3v) is 2.94. The second-order valence-electron chi connectivity index (χ2n) is 4.18. The summed E-state index contributed by atoms with van der Waals surface area (Å²) in [6.07, 6.45) is 0. The molecule has 2 N–H and O–H groups in total. The Morgan fingerprint density at radius 3 is 2.67 bits per heavy atom. The molecule has 0 bridgehead atoms. The molecule has 3 heteroatoms. The highest BCUT2D eigenvalue weighted by molar-refractivity contribution is 5.82. The number of imidazole rings is 1. The van der Waals surface area contributed by atoms with Crippen LogP contribution in [0.1, 0.15) is 6.92 Å². The summed E-state index contributed by atoms with van der Waals surface area (Å²) in [6, 6.07) is 16.3. The summed E-state index contributed by atoms with van der Waals surface area (Å²) in [5.74, 6) is 0.910. The Morgan fingerprint density at radius 1 is 1.06 bits per heavy atom. The Bertz CT molecular complexity index is 637. The van der Waals surface area contributed by atoms with Crippen LogP contribution in [-0.4, -0.2) is 16.5 Å². The summed E-state index contributed by atoms with van der Waals surface area (Å²) >= 11 is 0. The molecule has 0 spiro atoms. The maximum atomic E-state index is 4.63. The molecule has 0 radical (unpaired) electrons. The van der Waals surface area contributed by atoms with E-state index in [2.05, 4.69) is 34.3 Å². The number of nitrogens with one attached hydrogen (secondary N) is 2. The van der Waals surface area contributed by atoms with Gasteiger partial charge in [-0.15, -0.1) is 0 Å². The number of hydrogen-bond acceptors (Lipinski definition) is 2. The smallest absolute Gasteiger partial charge is 0.140 e. The molecule has 1 heterocycles. The monoisotopic (exact) mass is 237 g/mol. The summed E-state index contributed by atoms with van der Waals surface area (Å²) in [5.41, 5.74) is 4.28. The standard InChI is InChI=1S/C15H15N3/c1-2-16-12-8-4-3-7-11(12)15-17-13-9-5-6-10-14(13)18-15/h3-10,16H,2H2,1H3,(H,17,18). The second kappa shape index (κ2) is 4.53. The lowest BCUT2D eigenvalue weighted by Crippen LogP contribution is -1.98. The summed E-state index contributed by atoms with van der Waals surface area (Å²) in [4.78, 5) is 7.99. The van der Waals surface area contributed by atoms with Crippen molar-refractivity contribution in [2.75, 3.05) is 11.9 Å². The van der Waals surface area contributed by atoms with Crippen LogP contribution in [0, 0.1) is 0 Å². The molecule has 3 aromatic rings. The molecule has 0 unspecified atom stereocenters. The van der Waals surface area contributed by atoms with Gasteiger partial charge in [-0.1, -0.05) is 24.3 Å². The van der Waals surface area contributed by atoms with Gasteiger partial charge in [-0.2, -0.15) is 0 Å². The van der Waals surface area contributed by atoms with E-state index in [1.165, 1.54) is 0 Å². The molecule has 0 aliphatic heterocycles. The molecule has 3 rings (SSSR count). The van der Waals surface area contributed by atoms with E-state index in [4.69, 9.17) is 0 Å². The average Bonchev–Trinajstić information content (AvgIpc) is 2.83. The Morgan fingerprint density at radius 2 is 1.83 bits per heavy atom. The van der Waals surface area contributed by atoms with E-state index in [0.29, 0.717) is 0 Å². The average molecular weight is 237 g/mol. The lowest BCUT2D eigenvalue weighted by molar-refractivity contribution is 1.21. The first-order valence-electron chi connectivity index (χ1n) is 6.16. The number of aromatic nitrogens is 2. The van der Waals surface area contributed by atoms with Crippen LogP contribution in [0.15, 0.2) is 48.5 Å². The van der Waals surface area contributed by atoms with E-state index in [1.807, 2.05) is 36.4 Å². The maximum Gasteiger partial charge on any atom is 0.140 e. The van der Waals surface area contributed by atoms with Crippen LogP contribution < -0.4 is 5.32 Å². The fourth-order valence-corrected chi connectivity index (χ4v) is 2.11. The molecule has 3 nitrogen and oxygen atoms in total. The van der Waals surface area contributed by atoms with E-state index in [-0.39, 0.29) is 0 Å². The van der Waals surface area contributed by atoms with Crippen molar-refractivity contribution in [3.8, 4) is 11.4 Å². The topological polar surface area (TPSA) is 40.7 Å². The quantitative estimate of drug-likeness (QED) is 0.729. The lowest BCUT2D eigenvalue weighted by Gasteiger charge is -2.07. The normalized spacial score (nSPS) is 10.7. The lowest BCUT2D eigenvalue weighted by atomic mass is 10.1. The summed E-state index contributed by atoms with van der Waals surface area (Å²) in [5, 5.41) is 3.36. The van der Waals surface area contributed by atoms with Crippen molar-refractivity contribution >= 4 is 16.7 Å². The number of anilines is 1. The minimum Gasteiger partial charge on any atom is -0.385 e. The van der Waals surface area contributed by atoms with Gasteiger partial charge in [-0.3, -0.25) is 0 Å². The first kappa shape index (κ1) is 10.8.